The number of aryl methyl sites for hydroxylation is 1. The number of hydrogen-bond acceptors (Lipinski definition) is 2. The van der Waals surface area contributed by atoms with Crippen molar-refractivity contribution in [2.24, 2.45) is 11.3 Å². The molecule has 2 aliphatic rings. The van der Waals surface area contributed by atoms with Gasteiger partial charge in [0.1, 0.15) is 5.69 Å². The number of benzene rings is 1. The number of carbonyl (C=O) groups excluding carboxylic acids is 1. The second-order valence-corrected chi connectivity index (χ2v) is 7.26. The standard InChI is InChI=1S/C18H25NO2/c1-17-9-4-10-18(2,16(20)21-3)15(17)8-6-12-5-7-13(19)11-14(12)17/h5,7,11,15H,4,6,8-10,19H2,1-3H3/p+1/t15-,17-,18+/m1/s1. The summed E-state index contributed by atoms with van der Waals surface area (Å²) in [7, 11) is 1.52. The Morgan fingerprint density at radius 2 is 2.10 bits per heavy atom. The minimum absolute atomic E-state index is 0.0346. The molecule has 3 heteroatoms. The predicted molar refractivity (Wildman–Crippen MR) is 82.1 cm³/mol. The molecule has 0 aliphatic heterocycles. The van der Waals surface area contributed by atoms with E-state index in [0.717, 1.165) is 37.8 Å². The number of quaternary nitrogens is 1. The molecule has 0 saturated heterocycles. The average Bonchev–Trinajstić information content (AvgIpc) is 2.46. The number of methoxy groups -OCH3 is 1. The Morgan fingerprint density at radius 3 is 2.81 bits per heavy atom. The first kappa shape index (κ1) is 14.6. The van der Waals surface area contributed by atoms with Gasteiger partial charge in [-0.3, -0.25) is 4.79 Å². The van der Waals surface area contributed by atoms with Crippen molar-refractivity contribution in [1.29, 1.82) is 0 Å². The molecule has 0 aromatic heterocycles. The zero-order valence-corrected chi connectivity index (χ0v) is 13.4. The Hall–Kier alpha value is -1.35. The van der Waals surface area contributed by atoms with Crippen LogP contribution in [-0.4, -0.2) is 13.1 Å². The van der Waals surface area contributed by atoms with Crippen LogP contribution in [0.3, 0.4) is 0 Å². The van der Waals surface area contributed by atoms with Crippen molar-refractivity contribution >= 4 is 11.7 Å². The predicted octanol–water partition coefficient (Wildman–Crippen LogP) is 2.74. The quantitative estimate of drug-likeness (QED) is 0.808. The Balaban J connectivity index is 2.10. The van der Waals surface area contributed by atoms with Crippen LogP contribution >= 0.6 is 0 Å². The van der Waals surface area contributed by atoms with Gasteiger partial charge in [0.2, 0.25) is 0 Å². The van der Waals surface area contributed by atoms with Gasteiger partial charge >= 0.3 is 5.97 Å². The van der Waals surface area contributed by atoms with Crippen LogP contribution in [0.5, 0.6) is 0 Å². The van der Waals surface area contributed by atoms with Crippen molar-refractivity contribution in [2.75, 3.05) is 7.11 Å². The van der Waals surface area contributed by atoms with Crippen molar-refractivity contribution in [3.05, 3.63) is 29.3 Å². The Morgan fingerprint density at radius 1 is 1.33 bits per heavy atom. The van der Waals surface area contributed by atoms with Gasteiger partial charge in [-0.05, 0) is 61.1 Å². The maximum atomic E-state index is 12.4. The molecule has 1 aromatic carbocycles. The highest BCUT2D eigenvalue weighted by molar-refractivity contribution is 5.77. The van der Waals surface area contributed by atoms with Gasteiger partial charge in [0.05, 0.1) is 12.5 Å². The van der Waals surface area contributed by atoms with Crippen LogP contribution in [0.25, 0.3) is 0 Å². The van der Waals surface area contributed by atoms with Crippen LogP contribution in [0.15, 0.2) is 18.2 Å². The average molecular weight is 288 g/mol. The SMILES string of the molecule is COC(=O)[C@@]1(C)CCC[C@]2(C)c3cc([NH3+])ccc3CC[C@@H]12. The molecular formula is C18H26NO2+. The van der Waals surface area contributed by atoms with Gasteiger partial charge in [0.25, 0.3) is 0 Å². The summed E-state index contributed by atoms with van der Waals surface area (Å²) in [6.45, 7) is 4.45. The summed E-state index contributed by atoms with van der Waals surface area (Å²) < 4.78 is 5.15. The van der Waals surface area contributed by atoms with E-state index in [1.807, 2.05) is 0 Å². The Labute approximate surface area is 126 Å². The van der Waals surface area contributed by atoms with Crippen molar-refractivity contribution in [3.63, 3.8) is 0 Å². The summed E-state index contributed by atoms with van der Waals surface area (Å²) in [5.74, 6) is 0.327. The molecule has 2 aliphatic carbocycles. The number of esters is 1. The summed E-state index contributed by atoms with van der Waals surface area (Å²) in [6, 6.07) is 6.57. The number of carbonyl (C=O) groups is 1. The third-order valence-corrected chi connectivity index (χ3v) is 6.07. The zero-order chi connectivity index (χ0) is 15.3. The highest BCUT2D eigenvalue weighted by Gasteiger charge is 2.55. The fraction of sp³-hybridized carbons (Fsp3) is 0.611. The molecule has 21 heavy (non-hydrogen) atoms. The van der Waals surface area contributed by atoms with Crippen LogP contribution < -0.4 is 5.73 Å². The highest BCUT2D eigenvalue weighted by Crippen LogP contribution is 2.57. The molecule has 1 fully saturated rings. The maximum absolute atomic E-state index is 12.4. The van der Waals surface area contributed by atoms with Crippen molar-refractivity contribution in [3.8, 4) is 0 Å². The van der Waals surface area contributed by atoms with Gasteiger partial charge in [-0.25, -0.2) is 0 Å². The molecule has 1 aromatic rings. The van der Waals surface area contributed by atoms with Gasteiger partial charge in [0, 0.05) is 6.07 Å². The topological polar surface area (TPSA) is 53.9 Å². The molecular weight excluding hydrogens is 262 g/mol. The highest BCUT2D eigenvalue weighted by atomic mass is 16.5. The van der Waals surface area contributed by atoms with E-state index >= 15 is 0 Å². The molecule has 0 amide bonds. The first-order valence-electron chi connectivity index (χ1n) is 7.95. The summed E-state index contributed by atoms with van der Waals surface area (Å²) in [4.78, 5) is 12.4. The molecule has 0 heterocycles. The first-order valence-corrected chi connectivity index (χ1v) is 7.95. The number of rotatable bonds is 1. The number of hydrogen-bond donors (Lipinski definition) is 1. The molecule has 3 atom stereocenters. The second-order valence-electron chi connectivity index (χ2n) is 7.26. The molecule has 0 unspecified atom stereocenters. The van der Waals surface area contributed by atoms with Crippen LogP contribution in [0.1, 0.15) is 50.7 Å². The molecule has 0 radical (unpaired) electrons. The lowest BCUT2D eigenvalue weighted by atomic mass is 9.50. The molecule has 3 N–H and O–H groups in total. The fourth-order valence-electron chi connectivity index (χ4n) is 4.98. The van der Waals surface area contributed by atoms with E-state index < -0.39 is 0 Å². The first-order chi connectivity index (χ1) is 9.91. The Kier molecular flexibility index (Phi) is 3.36. The minimum atomic E-state index is -0.351. The third kappa shape index (κ3) is 2.02. The molecule has 3 rings (SSSR count). The minimum Gasteiger partial charge on any atom is -0.469 e. The fourth-order valence-corrected chi connectivity index (χ4v) is 4.98. The normalized spacial score (nSPS) is 34.8. The lowest BCUT2D eigenvalue weighted by molar-refractivity contribution is -0.255. The summed E-state index contributed by atoms with van der Waals surface area (Å²) >= 11 is 0. The summed E-state index contributed by atoms with van der Waals surface area (Å²) in [5.41, 5.74) is 7.74. The van der Waals surface area contributed by atoms with Crippen LogP contribution in [0.4, 0.5) is 5.69 Å². The maximum Gasteiger partial charge on any atom is 0.311 e. The van der Waals surface area contributed by atoms with Crippen molar-refractivity contribution < 1.29 is 15.3 Å². The van der Waals surface area contributed by atoms with Crippen molar-refractivity contribution in [1.82, 2.24) is 0 Å². The molecule has 1 saturated carbocycles. The second kappa shape index (κ2) is 4.84. The van der Waals surface area contributed by atoms with E-state index in [1.165, 1.54) is 18.2 Å². The van der Waals surface area contributed by atoms with E-state index in [-0.39, 0.29) is 16.8 Å². The van der Waals surface area contributed by atoms with Crippen molar-refractivity contribution in [2.45, 2.75) is 51.4 Å². The number of ether oxygens (including phenoxy) is 1. The van der Waals surface area contributed by atoms with Gasteiger partial charge < -0.3 is 10.5 Å². The lowest BCUT2D eigenvalue weighted by Crippen LogP contribution is -2.53. The van der Waals surface area contributed by atoms with Gasteiger partial charge in [-0.2, -0.15) is 0 Å². The van der Waals surface area contributed by atoms with Crippen LogP contribution in [0, 0.1) is 11.3 Å². The van der Waals surface area contributed by atoms with Crippen LogP contribution in [-0.2, 0) is 21.4 Å². The smallest absolute Gasteiger partial charge is 0.311 e. The lowest BCUT2D eigenvalue weighted by Gasteiger charge is -2.53. The van der Waals surface area contributed by atoms with E-state index in [2.05, 4.69) is 37.8 Å². The molecule has 0 spiro atoms. The summed E-state index contributed by atoms with van der Waals surface area (Å²) in [5, 5.41) is 0. The van der Waals surface area contributed by atoms with Gasteiger partial charge in [-0.15, -0.1) is 0 Å². The van der Waals surface area contributed by atoms with E-state index in [4.69, 9.17) is 4.74 Å². The molecule has 0 bridgehead atoms. The summed E-state index contributed by atoms with van der Waals surface area (Å²) in [6.07, 6.45) is 5.31. The van der Waals surface area contributed by atoms with E-state index in [0.29, 0.717) is 5.92 Å². The monoisotopic (exact) mass is 288 g/mol. The largest absolute Gasteiger partial charge is 0.469 e. The third-order valence-electron chi connectivity index (χ3n) is 6.07. The molecule has 114 valence electrons. The van der Waals surface area contributed by atoms with E-state index in [9.17, 15) is 4.79 Å². The number of fused-ring (bicyclic) bond motifs is 3. The Bertz CT molecular complexity index is 583. The van der Waals surface area contributed by atoms with E-state index in [1.54, 1.807) is 0 Å². The van der Waals surface area contributed by atoms with Crippen LogP contribution in [0.2, 0.25) is 0 Å². The van der Waals surface area contributed by atoms with Gasteiger partial charge in [0.15, 0.2) is 0 Å². The molecule has 3 nitrogen and oxygen atoms in total. The zero-order valence-electron chi connectivity index (χ0n) is 13.4. The van der Waals surface area contributed by atoms with Gasteiger partial charge in [-0.1, -0.05) is 19.4 Å².